The first-order valence-corrected chi connectivity index (χ1v) is 7.20. The molecule has 21 heavy (non-hydrogen) atoms. The fraction of sp³-hybridized carbons (Fsp3) is 0.333. The largest absolute Gasteiger partial charge is 0.545 e. The second-order valence-electron chi connectivity index (χ2n) is 3.64. The summed E-state index contributed by atoms with van der Waals surface area (Å²) in [6.45, 7) is 3.19. The van der Waals surface area contributed by atoms with Crippen LogP contribution in [-0.4, -0.2) is 25.6 Å². The summed E-state index contributed by atoms with van der Waals surface area (Å²) in [4.78, 5) is 22.3. The average molecular weight is 377 g/mol. The number of rotatable bonds is 3. The van der Waals surface area contributed by atoms with E-state index in [0.29, 0.717) is 0 Å². The van der Waals surface area contributed by atoms with Crippen LogP contribution >= 0.6 is 46.4 Å². The first-order chi connectivity index (χ1) is 9.74. The van der Waals surface area contributed by atoms with Crippen LogP contribution in [0.4, 0.5) is 0 Å². The second-order valence-corrected chi connectivity index (χ2v) is 5.15. The van der Waals surface area contributed by atoms with Gasteiger partial charge in [0.2, 0.25) is 0 Å². The fourth-order valence-corrected chi connectivity index (χ4v) is 2.12. The lowest BCUT2D eigenvalue weighted by Crippen LogP contribution is -2.49. The first kappa shape index (κ1) is 20.3. The minimum absolute atomic E-state index is 0.233. The van der Waals surface area contributed by atoms with E-state index in [-0.39, 0.29) is 15.1 Å². The number of benzene rings is 1. The van der Waals surface area contributed by atoms with Gasteiger partial charge in [-0.15, -0.1) is 0 Å². The van der Waals surface area contributed by atoms with Crippen molar-refractivity contribution in [3.8, 4) is 0 Å². The number of esters is 1. The minimum atomic E-state index is -1.71. The summed E-state index contributed by atoms with van der Waals surface area (Å²) >= 11 is 22.8. The number of aromatic carboxylic acids is 1. The van der Waals surface area contributed by atoms with Crippen LogP contribution in [0.15, 0.2) is 0 Å². The zero-order chi connectivity index (χ0) is 16.7. The SMILES string of the molecule is CCC[NH3+].COC(=O)c1c(Cl)c(Cl)c(Cl)c(Cl)c1C(=O)[O-]. The number of methoxy groups -OCH3 is 1. The molecule has 0 aliphatic carbocycles. The summed E-state index contributed by atoms with van der Waals surface area (Å²) in [6, 6.07) is 0. The van der Waals surface area contributed by atoms with Gasteiger partial charge >= 0.3 is 5.97 Å². The molecular formula is C12H13Cl4NO4. The van der Waals surface area contributed by atoms with Gasteiger partial charge < -0.3 is 20.4 Å². The molecule has 1 aromatic rings. The van der Waals surface area contributed by atoms with Crippen LogP contribution in [0, 0.1) is 0 Å². The summed E-state index contributed by atoms with van der Waals surface area (Å²) in [5.74, 6) is -2.72. The maximum absolute atomic E-state index is 11.4. The number of hydrogen-bond acceptors (Lipinski definition) is 4. The van der Waals surface area contributed by atoms with Gasteiger partial charge in [0.05, 0.1) is 45.3 Å². The van der Waals surface area contributed by atoms with Gasteiger partial charge in [-0.25, -0.2) is 4.79 Å². The Morgan fingerprint density at radius 2 is 1.43 bits per heavy atom. The van der Waals surface area contributed by atoms with Gasteiger partial charge in [-0.3, -0.25) is 0 Å². The Morgan fingerprint density at radius 1 is 1.05 bits per heavy atom. The van der Waals surface area contributed by atoms with Crippen LogP contribution < -0.4 is 10.8 Å². The summed E-state index contributed by atoms with van der Waals surface area (Å²) in [5.41, 5.74) is 2.46. The van der Waals surface area contributed by atoms with Crippen LogP contribution in [0.25, 0.3) is 0 Å². The Bertz CT molecular complexity index is 547. The molecule has 0 bridgehead atoms. The zero-order valence-electron chi connectivity index (χ0n) is 11.3. The predicted octanol–water partition coefficient (Wildman–Crippen LogP) is 2.09. The number of hydrogen-bond donors (Lipinski definition) is 1. The van der Waals surface area contributed by atoms with Gasteiger partial charge in [-0.2, -0.15) is 0 Å². The van der Waals surface area contributed by atoms with Crippen LogP contribution in [0.2, 0.25) is 20.1 Å². The van der Waals surface area contributed by atoms with E-state index in [1.165, 1.54) is 6.42 Å². The van der Waals surface area contributed by atoms with Gasteiger partial charge in [-0.05, 0) is 6.42 Å². The lowest BCUT2D eigenvalue weighted by Gasteiger charge is -2.15. The Labute approximate surface area is 141 Å². The molecule has 0 unspecified atom stereocenters. The van der Waals surface area contributed by atoms with Crippen molar-refractivity contribution in [2.24, 2.45) is 0 Å². The van der Waals surface area contributed by atoms with E-state index in [4.69, 9.17) is 46.4 Å². The molecule has 0 saturated carbocycles. The zero-order valence-corrected chi connectivity index (χ0v) is 14.3. The molecule has 9 heteroatoms. The van der Waals surface area contributed by atoms with E-state index in [9.17, 15) is 14.7 Å². The van der Waals surface area contributed by atoms with E-state index in [1.807, 2.05) is 0 Å². The lowest BCUT2D eigenvalue weighted by atomic mass is 10.1. The third kappa shape index (κ3) is 4.90. The number of carbonyl (C=O) groups is 2. The molecule has 0 atom stereocenters. The molecule has 0 spiro atoms. The number of carboxylic acids is 1. The molecule has 0 heterocycles. The molecule has 0 aromatic heterocycles. The normalized spacial score (nSPS) is 9.67. The molecule has 0 aliphatic heterocycles. The van der Waals surface area contributed by atoms with Gasteiger partial charge in [0.25, 0.3) is 0 Å². The quantitative estimate of drug-likeness (QED) is 0.496. The van der Waals surface area contributed by atoms with Crippen molar-refractivity contribution >= 4 is 58.3 Å². The Hall–Kier alpha value is -0.720. The topological polar surface area (TPSA) is 94.1 Å². The maximum atomic E-state index is 11.4. The van der Waals surface area contributed by atoms with E-state index in [0.717, 1.165) is 13.7 Å². The fourth-order valence-electron chi connectivity index (χ4n) is 1.12. The van der Waals surface area contributed by atoms with Crippen molar-refractivity contribution in [2.45, 2.75) is 13.3 Å². The average Bonchev–Trinajstić information content (AvgIpc) is 2.47. The molecule has 0 radical (unpaired) electrons. The third-order valence-corrected chi connectivity index (χ3v) is 4.02. The number of carboxylic acid groups (broad SMARTS) is 1. The molecule has 118 valence electrons. The van der Waals surface area contributed by atoms with Crippen molar-refractivity contribution < 1.29 is 25.2 Å². The molecule has 1 rings (SSSR count). The van der Waals surface area contributed by atoms with E-state index >= 15 is 0 Å². The van der Waals surface area contributed by atoms with E-state index in [1.54, 1.807) is 0 Å². The Kier molecular flexibility index (Phi) is 9.01. The molecular weight excluding hydrogens is 364 g/mol. The predicted molar refractivity (Wildman–Crippen MR) is 80.2 cm³/mol. The highest BCUT2D eigenvalue weighted by atomic mass is 35.5. The Morgan fingerprint density at radius 3 is 1.71 bits per heavy atom. The number of carbonyl (C=O) groups excluding carboxylic acids is 2. The van der Waals surface area contributed by atoms with Crippen LogP contribution in [-0.2, 0) is 4.74 Å². The smallest absolute Gasteiger partial charge is 0.340 e. The van der Waals surface area contributed by atoms with Crippen LogP contribution in [0.5, 0.6) is 0 Å². The Balaban J connectivity index is 0.000000885. The molecule has 5 nitrogen and oxygen atoms in total. The monoisotopic (exact) mass is 375 g/mol. The third-order valence-electron chi connectivity index (χ3n) is 2.21. The van der Waals surface area contributed by atoms with Gasteiger partial charge in [0, 0.05) is 5.56 Å². The first-order valence-electron chi connectivity index (χ1n) is 5.69. The van der Waals surface area contributed by atoms with Crippen molar-refractivity contribution in [1.82, 2.24) is 0 Å². The van der Waals surface area contributed by atoms with Gasteiger partial charge in [0.15, 0.2) is 0 Å². The van der Waals surface area contributed by atoms with Crippen LogP contribution in [0.1, 0.15) is 34.1 Å². The van der Waals surface area contributed by atoms with Gasteiger partial charge in [0.1, 0.15) is 0 Å². The minimum Gasteiger partial charge on any atom is -0.545 e. The highest BCUT2D eigenvalue weighted by Crippen LogP contribution is 2.41. The summed E-state index contributed by atoms with van der Waals surface area (Å²) in [5, 5.41) is 9.63. The lowest BCUT2D eigenvalue weighted by molar-refractivity contribution is -0.367. The number of ether oxygens (including phenoxy) is 1. The summed E-state index contributed by atoms with van der Waals surface area (Å²) in [7, 11) is 1.05. The summed E-state index contributed by atoms with van der Waals surface area (Å²) in [6.07, 6.45) is 1.21. The number of quaternary nitrogens is 1. The standard InChI is InChI=1S/C9H4Cl4O4.C3H9N/c1-17-9(16)3-2(8(14)15)4(10)6(12)7(13)5(3)11;1-2-3-4/h1H3,(H,14,15);2-4H2,1H3. The second kappa shape index (κ2) is 9.33. The molecule has 3 N–H and O–H groups in total. The van der Waals surface area contributed by atoms with Crippen molar-refractivity contribution in [1.29, 1.82) is 0 Å². The molecule has 0 aliphatic rings. The molecule has 0 amide bonds. The summed E-state index contributed by atoms with van der Waals surface area (Å²) < 4.78 is 4.38. The van der Waals surface area contributed by atoms with E-state index < -0.39 is 28.1 Å². The van der Waals surface area contributed by atoms with Crippen molar-refractivity contribution in [2.75, 3.05) is 13.7 Å². The molecule has 1 aromatic carbocycles. The molecule has 0 saturated heterocycles. The van der Waals surface area contributed by atoms with Crippen molar-refractivity contribution in [3.63, 3.8) is 0 Å². The highest BCUT2D eigenvalue weighted by Gasteiger charge is 2.25. The van der Waals surface area contributed by atoms with Crippen LogP contribution in [0.3, 0.4) is 0 Å². The maximum Gasteiger partial charge on any atom is 0.340 e. The van der Waals surface area contributed by atoms with Gasteiger partial charge in [-0.1, -0.05) is 53.3 Å². The highest BCUT2D eigenvalue weighted by molar-refractivity contribution is 6.53. The molecule has 0 fully saturated rings. The number of halogens is 4. The van der Waals surface area contributed by atoms with E-state index in [2.05, 4.69) is 17.4 Å². The van der Waals surface area contributed by atoms with Crippen molar-refractivity contribution in [3.05, 3.63) is 31.2 Å².